The van der Waals surface area contributed by atoms with E-state index >= 15 is 0 Å². The number of nitrogens with one attached hydrogen (secondary N) is 1. The summed E-state index contributed by atoms with van der Waals surface area (Å²) in [7, 11) is 0. The quantitative estimate of drug-likeness (QED) is 0.587. The van der Waals surface area contributed by atoms with E-state index in [1.54, 1.807) is 18.2 Å². The molecule has 0 radical (unpaired) electrons. The summed E-state index contributed by atoms with van der Waals surface area (Å²) in [5.74, 6) is -0.666. The van der Waals surface area contributed by atoms with E-state index in [2.05, 4.69) is 10.3 Å². The van der Waals surface area contributed by atoms with Gasteiger partial charge in [-0.25, -0.2) is 13.8 Å². The van der Waals surface area contributed by atoms with E-state index in [1.165, 1.54) is 6.92 Å². The molecule has 0 bridgehead atoms. The zero-order valence-corrected chi connectivity index (χ0v) is 16.7. The van der Waals surface area contributed by atoms with Gasteiger partial charge >= 0.3 is 0 Å². The molecule has 0 aliphatic heterocycles. The molecule has 8 heteroatoms. The standard InChI is InChI=1S/C22H22F2N2O4/c1-12(25-13(2)27)10-28-15-5-6-19-21(7-15)30-22(26-19)16-8-18(24)20(9-17(16)23)29-11-14-3-4-14/h5-9,12,14H,3-4,10-11H2,1-2H3,(H,25,27)/t12-/m0/s1. The Morgan fingerprint density at radius 2 is 2.03 bits per heavy atom. The molecule has 158 valence electrons. The van der Waals surface area contributed by atoms with Gasteiger partial charge in [-0.05, 0) is 43.9 Å². The number of carbonyl (C=O) groups excluding carboxylic acids is 1. The molecule has 1 fully saturated rings. The summed E-state index contributed by atoms with van der Waals surface area (Å²) in [5, 5.41) is 2.72. The molecule has 1 saturated carbocycles. The number of nitrogens with zero attached hydrogens (tertiary/aromatic N) is 1. The fourth-order valence-electron chi connectivity index (χ4n) is 3.02. The van der Waals surface area contributed by atoms with Crippen molar-refractivity contribution in [3.8, 4) is 23.0 Å². The SMILES string of the molecule is CC(=O)N[C@@H](C)COc1ccc2nc(-c3cc(F)c(OCC4CC4)cc3F)oc2c1. The molecule has 6 nitrogen and oxygen atoms in total. The van der Waals surface area contributed by atoms with Crippen molar-refractivity contribution in [2.45, 2.75) is 32.7 Å². The van der Waals surface area contributed by atoms with Crippen LogP contribution in [0.3, 0.4) is 0 Å². The van der Waals surface area contributed by atoms with Crippen molar-refractivity contribution in [2.75, 3.05) is 13.2 Å². The van der Waals surface area contributed by atoms with Gasteiger partial charge in [-0.1, -0.05) is 0 Å². The fraction of sp³-hybridized carbons (Fsp3) is 0.364. The van der Waals surface area contributed by atoms with Crippen LogP contribution in [0.25, 0.3) is 22.6 Å². The molecule has 0 saturated heterocycles. The summed E-state index contributed by atoms with van der Waals surface area (Å²) in [6.45, 7) is 3.92. The maximum Gasteiger partial charge on any atom is 0.230 e. The molecular weight excluding hydrogens is 394 g/mol. The van der Waals surface area contributed by atoms with Crippen molar-refractivity contribution in [1.29, 1.82) is 0 Å². The third-order valence-corrected chi connectivity index (χ3v) is 4.73. The summed E-state index contributed by atoms with van der Waals surface area (Å²) in [5.41, 5.74) is 0.786. The number of hydrogen-bond acceptors (Lipinski definition) is 5. The Bertz CT molecular complexity index is 1080. The first-order chi connectivity index (χ1) is 14.4. The molecule has 1 aromatic heterocycles. The number of benzene rings is 2. The maximum atomic E-state index is 14.6. The van der Waals surface area contributed by atoms with Gasteiger partial charge < -0.3 is 19.2 Å². The highest BCUT2D eigenvalue weighted by Gasteiger charge is 2.23. The number of hydrogen-bond donors (Lipinski definition) is 1. The topological polar surface area (TPSA) is 73.6 Å². The van der Waals surface area contributed by atoms with Gasteiger partial charge in [-0.2, -0.15) is 0 Å². The minimum atomic E-state index is -0.672. The summed E-state index contributed by atoms with van der Waals surface area (Å²) in [4.78, 5) is 15.3. The fourth-order valence-corrected chi connectivity index (χ4v) is 3.02. The molecule has 1 amide bonds. The monoisotopic (exact) mass is 416 g/mol. The van der Waals surface area contributed by atoms with Crippen molar-refractivity contribution >= 4 is 17.0 Å². The maximum absolute atomic E-state index is 14.6. The number of oxazole rings is 1. The van der Waals surface area contributed by atoms with Crippen LogP contribution in [0, 0.1) is 17.6 Å². The van der Waals surface area contributed by atoms with Crippen molar-refractivity contribution in [3.63, 3.8) is 0 Å². The molecule has 0 unspecified atom stereocenters. The van der Waals surface area contributed by atoms with E-state index in [0.29, 0.717) is 29.4 Å². The number of ether oxygens (including phenoxy) is 2. The molecule has 1 N–H and O–H groups in total. The van der Waals surface area contributed by atoms with Crippen LogP contribution in [0.15, 0.2) is 34.7 Å². The zero-order chi connectivity index (χ0) is 21.3. The van der Waals surface area contributed by atoms with Crippen LogP contribution in [0.2, 0.25) is 0 Å². The second kappa shape index (κ2) is 8.30. The van der Waals surface area contributed by atoms with Gasteiger partial charge in [0.25, 0.3) is 0 Å². The molecule has 1 aliphatic rings. The lowest BCUT2D eigenvalue weighted by Crippen LogP contribution is -2.35. The number of fused-ring (bicyclic) bond motifs is 1. The molecule has 4 rings (SSSR count). The molecule has 1 heterocycles. The van der Waals surface area contributed by atoms with Crippen molar-refractivity contribution in [1.82, 2.24) is 10.3 Å². The van der Waals surface area contributed by atoms with E-state index in [-0.39, 0.29) is 35.8 Å². The highest BCUT2D eigenvalue weighted by molar-refractivity contribution is 5.78. The average Bonchev–Trinajstić information content (AvgIpc) is 3.43. The van der Waals surface area contributed by atoms with Crippen molar-refractivity contribution in [2.24, 2.45) is 5.92 Å². The van der Waals surface area contributed by atoms with E-state index < -0.39 is 11.6 Å². The summed E-state index contributed by atoms with van der Waals surface area (Å²) in [6.07, 6.45) is 2.12. The highest BCUT2D eigenvalue weighted by Crippen LogP contribution is 2.34. The summed E-state index contributed by atoms with van der Waals surface area (Å²) >= 11 is 0. The first kappa shape index (κ1) is 20.1. The van der Waals surface area contributed by atoms with E-state index in [0.717, 1.165) is 25.0 Å². The lowest BCUT2D eigenvalue weighted by atomic mass is 10.2. The van der Waals surface area contributed by atoms with Crippen LogP contribution >= 0.6 is 0 Å². The van der Waals surface area contributed by atoms with Crippen molar-refractivity contribution < 1.29 is 27.5 Å². The number of amides is 1. The first-order valence-corrected chi connectivity index (χ1v) is 9.81. The largest absolute Gasteiger partial charge is 0.491 e. The second-order valence-electron chi connectivity index (χ2n) is 7.58. The van der Waals surface area contributed by atoms with Crippen LogP contribution in [0.1, 0.15) is 26.7 Å². The molecule has 1 atom stereocenters. The summed E-state index contributed by atoms with van der Waals surface area (Å²) < 4.78 is 45.6. The highest BCUT2D eigenvalue weighted by atomic mass is 19.1. The van der Waals surface area contributed by atoms with Gasteiger partial charge in [0.2, 0.25) is 11.8 Å². The lowest BCUT2D eigenvalue weighted by Gasteiger charge is -2.13. The van der Waals surface area contributed by atoms with Gasteiger partial charge in [-0.15, -0.1) is 0 Å². The Morgan fingerprint density at radius 3 is 2.77 bits per heavy atom. The molecular formula is C22H22F2N2O4. The van der Waals surface area contributed by atoms with Gasteiger partial charge in [0.1, 0.15) is 23.7 Å². The van der Waals surface area contributed by atoms with E-state index in [1.807, 2.05) is 6.92 Å². The zero-order valence-electron chi connectivity index (χ0n) is 16.7. The normalized spacial score (nSPS) is 14.5. The molecule has 1 aliphatic carbocycles. The molecule has 30 heavy (non-hydrogen) atoms. The Balaban J connectivity index is 1.51. The summed E-state index contributed by atoms with van der Waals surface area (Å²) in [6, 6.07) is 6.88. The number of rotatable bonds is 8. The van der Waals surface area contributed by atoms with Crippen LogP contribution < -0.4 is 14.8 Å². The van der Waals surface area contributed by atoms with Crippen LogP contribution in [0.5, 0.6) is 11.5 Å². The number of aromatic nitrogens is 1. The third kappa shape index (κ3) is 4.69. The number of carbonyl (C=O) groups is 1. The molecule has 2 aromatic carbocycles. The van der Waals surface area contributed by atoms with Gasteiger partial charge in [0.15, 0.2) is 17.1 Å². The van der Waals surface area contributed by atoms with Crippen LogP contribution in [-0.4, -0.2) is 30.1 Å². The predicted molar refractivity (Wildman–Crippen MR) is 106 cm³/mol. The van der Waals surface area contributed by atoms with E-state index in [9.17, 15) is 13.6 Å². The first-order valence-electron chi connectivity index (χ1n) is 9.81. The van der Waals surface area contributed by atoms with Gasteiger partial charge in [0.05, 0.1) is 18.2 Å². The second-order valence-corrected chi connectivity index (χ2v) is 7.58. The Hall–Kier alpha value is -3.16. The Kier molecular flexibility index (Phi) is 5.57. The van der Waals surface area contributed by atoms with Crippen molar-refractivity contribution in [3.05, 3.63) is 42.0 Å². The smallest absolute Gasteiger partial charge is 0.230 e. The predicted octanol–water partition coefficient (Wildman–Crippen LogP) is 4.47. The van der Waals surface area contributed by atoms with Gasteiger partial charge in [0, 0.05) is 19.1 Å². The Morgan fingerprint density at radius 1 is 1.23 bits per heavy atom. The van der Waals surface area contributed by atoms with Crippen LogP contribution in [-0.2, 0) is 4.79 Å². The molecule has 3 aromatic rings. The average molecular weight is 416 g/mol. The molecule has 0 spiro atoms. The third-order valence-electron chi connectivity index (χ3n) is 4.73. The minimum absolute atomic E-state index is 0.0288. The van der Waals surface area contributed by atoms with E-state index in [4.69, 9.17) is 13.9 Å². The van der Waals surface area contributed by atoms with Crippen LogP contribution in [0.4, 0.5) is 8.78 Å². The number of halogens is 2. The van der Waals surface area contributed by atoms with Gasteiger partial charge in [-0.3, -0.25) is 4.79 Å². The lowest BCUT2D eigenvalue weighted by molar-refractivity contribution is -0.119. The Labute approximate surface area is 172 Å². The minimum Gasteiger partial charge on any atom is -0.491 e.